The third-order valence-corrected chi connectivity index (χ3v) is 4.32. The summed E-state index contributed by atoms with van der Waals surface area (Å²) in [6.07, 6.45) is 3.09. The van der Waals surface area contributed by atoms with Crippen LogP contribution in [0.1, 0.15) is 11.1 Å². The smallest absolute Gasteiger partial charge is 0.343 e. The molecule has 0 aliphatic carbocycles. The van der Waals surface area contributed by atoms with Gasteiger partial charge in [-0.15, -0.1) is 0 Å². The van der Waals surface area contributed by atoms with Gasteiger partial charge in [0.05, 0.1) is 14.2 Å². The molecule has 0 aromatic heterocycles. The maximum Gasteiger partial charge on any atom is 0.343 e. The summed E-state index contributed by atoms with van der Waals surface area (Å²) in [6, 6.07) is 8.67. The van der Waals surface area contributed by atoms with Crippen LogP contribution in [0, 0.1) is 6.92 Å². The predicted molar refractivity (Wildman–Crippen MR) is 110 cm³/mol. The summed E-state index contributed by atoms with van der Waals surface area (Å²) in [5.41, 5.74) is 2.17. The first-order chi connectivity index (χ1) is 14.5. The van der Waals surface area contributed by atoms with Crippen LogP contribution in [0.5, 0.6) is 23.0 Å². The number of hydrogen-bond acceptors (Lipinski definition) is 7. The molecule has 30 heavy (non-hydrogen) atoms. The highest BCUT2D eigenvalue weighted by Gasteiger charge is 2.17. The second kappa shape index (κ2) is 9.69. The molecule has 0 saturated carbocycles. The molecule has 0 fully saturated rings. The number of carbonyl (C=O) groups is 2. The first kappa shape index (κ1) is 21.0. The maximum absolute atomic E-state index is 12.3. The summed E-state index contributed by atoms with van der Waals surface area (Å²) in [7, 11) is 2.85. The molecule has 1 N–H and O–H groups in total. The molecule has 0 radical (unpaired) electrons. The van der Waals surface area contributed by atoms with Crippen LogP contribution in [0.2, 0.25) is 0 Å². The Balaban J connectivity index is 1.65. The Bertz CT molecular complexity index is 951. The summed E-state index contributed by atoms with van der Waals surface area (Å²) in [6.45, 7) is 2.58. The number of methoxy groups -OCH3 is 2. The van der Waals surface area contributed by atoms with Crippen LogP contribution in [0.3, 0.4) is 0 Å². The molecular weight excluding hydrogens is 390 g/mol. The molecule has 1 heterocycles. The van der Waals surface area contributed by atoms with Crippen molar-refractivity contribution < 1.29 is 33.3 Å². The second-order valence-corrected chi connectivity index (χ2v) is 6.41. The average molecular weight is 413 g/mol. The van der Waals surface area contributed by atoms with E-state index >= 15 is 0 Å². The lowest BCUT2D eigenvalue weighted by Gasteiger charge is -2.20. The fraction of sp³-hybridized carbons (Fsp3) is 0.273. The number of fused-ring (bicyclic) bond motifs is 1. The minimum Gasteiger partial charge on any atom is -0.493 e. The van der Waals surface area contributed by atoms with Crippen LogP contribution in [0.25, 0.3) is 6.08 Å². The van der Waals surface area contributed by atoms with Crippen LogP contribution in [-0.2, 0) is 14.3 Å². The van der Waals surface area contributed by atoms with Crippen molar-refractivity contribution in [3.05, 3.63) is 47.5 Å². The third kappa shape index (κ3) is 5.22. The first-order valence-corrected chi connectivity index (χ1v) is 9.27. The molecule has 3 rings (SSSR count). The van der Waals surface area contributed by atoms with Crippen molar-refractivity contribution in [2.45, 2.75) is 6.92 Å². The van der Waals surface area contributed by atoms with Crippen LogP contribution >= 0.6 is 0 Å². The molecule has 0 bridgehead atoms. The summed E-state index contributed by atoms with van der Waals surface area (Å²) in [5, 5.41) is 2.81. The summed E-state index contributed by atoms with van der Waals surface area (Å²) in [4.78, 5) is 23.5. The van der Waals surface area contributed by atoms with Gasteiger partial charge in [-0.1, -0.05) is 0 Å². The fourth-order valence-electron chi connectivity index (χ4n) is 2.80. The molecule has 8 heteroatoms. The number of rotatable bonds is 7. The van der Waals surface area contributed by atoms with Gasteiger partial charge in [0.1, 0.15) is 19.0 Å². The number of amides is 1. The molecule has 0 atom stereocenters. The van der Waals surface area contributed by atoms with Crippen LogP contribution < -0.4 is 24.3 Å². The molecule has 2 aromatic rings. The van der Waals surface area contributed by atoms with Gasteiger partial charge in [0.15, 0.2) is 18.1 Å². The normalized spacial score (nSPS) is 12.4. The fourth-order valence-corrected chi connectivity index (χ4v) is 2.80. The summed E-state index contributed by atoms with van der Waals surface area (Å²) < 4.78 is 26.4. The third-order valence-electron chi connectivity index (χ3n) is 4.32. The highest BCUT2D eigenvalue weighted by molar-refractivity contribution is 6.02. The van der Waals surface area contributed by atoms with Crippen molar-refractivity contribution in [3.8, 4) is 23.0 Å². The van der Waals surface area contributed by atoms with Crippen LogP contribution in [-0.4, -0.2) is 45.9 Å². The molecule has 0 saturated heterocycles. The van der Waals surface area contributed by atoms with Gasteiger partial charge in [0.25, 0.3) is 0 Å². The van der Waals surface area contributed by atoms with Crippen molar-refractivity contribution in [1.29, 1.82) is 0 Å². The zero-order valence-corrected chi connectivity index (χ0v) is 17.0. The van der Waals surface area contributed by atoms with Crippen LogP contribution in [0.4, 0.5) is 5.69 Å². The molecule has 1 aliphatic heterocycles. The largest absolute Gasteiger partial charge is 0.493 e. The number of esters is 1. The number of carbonyl (C=O) groups excluding carboxylic acids is 2. The summed E-state index contributed by atoms with van der Waals surface area (Å²) in [5.74, 6) is 1.44. The van der Waals surface area contributed by atoms with E-state index in [1.54, 1.807) is 43.5 Å². The lowest BCUT2D eigenvalue weighted by molar-refractivity contribution is -0.142. The van der Waals surface area contributed by atoms with E-state index in [2.05, 4.69) is 10.1 Å². The first-order valence-electron chi connectivity index (χ1n) is 9.27. The number of ether oxygens (including phenoxy) is 5. The zero-order chi connectivity index (χ0) is 21.5. The summed E-state index contributed by atoms with van der Waals surface area (Å²) >= 11 is 0. The van der Waals surface area contributed by atoms with E-state index in [4.69, 9.17) is 18.9 Å². The molecule has 1 amide bonds. The predicted octanol–water partition coefficient (Wildman–Crippen LogP) is 2.98. The minimum atomic E-state index is -0.467. The Labute approximate surface area is 174 Å². The zero-order valence-electron chi connectivity index (χ0n) is 17.0. The van der Waals surface area contributed by atoms with Gasteiger partial charge in [-0.25, -0.2) is 4.79 Å². The van der Waals surface area contributed by atoms with Gasteiger partial charge in [-0.3, -0.25) is 4.79 Å². The van der Waals surface area contributed by atoms with Crippen molar-refractivity contribution in [3.63, 3.8) is 0 Å². The number of benzene rings is 2. The quantitative estimate of drug-likeness (QED) is 0.551. The molecule has 1 aliphatic rings. The van der Waals surface area contributed by atoms with Crippen molar-refractivity contribution in [2.75, 3.05) is 39.4 Å². The number of anilines is 1. The molecule has 158 valence electrons. The van der Waals surface area contributed by atoms with Crippen molar-refractivity contribution in [1.82, 2.24) is 0 Å². The Kier molecular flexibility index (Phi) is 6.79. The maximum atomic E-state index is 12.3. The van der Waals surface area contributed by atoms with E-state index in [0.29, 0.717) is 41.9 Å². The highest BCUT2D eigenvalue weighted by atomic mass is 16.6. The Morgan fingerprint density at radius 1 is 1.13 bits per heavy atom. The van der Waals surface area contributed by atoms with Crippen LogP contribution in [0.15, 0.2) is 36.4 Å². The van der Waals surface area contributed by atoms with Gasteiger partial charge in [0, 0.05) is 11.8 Å². The van der Waals surface area contributed by atoms with Gasteiger partial charge in [-0.05, 0) is 54.5 Å². The number of nitrogens with one attached hydrogen (secondary N) is 1. The lowest BCUT2D eigenvalue weighted by Crippen LogP contribution is -2.16. The van der Waals surface area contributed by atoms with E-state index < -0.39 is 5.97 Å². The van der Waals surface area contributed by atoms with E-state index in [1.807, 2.05) is 6.92 Å². The van der Waals surface area contributed by atoms with Crippen molar-refractivity contribution in [2.24, 2.45) is 0 Å². The van der Waals surface area contributed by atoms with E-state index in [0.717, 1.165) is 11.1 Å². The number of aryl methyl sites for hydroxylation is 1. The second-order valence-electron chi connectivity index (χ2n) is 6.41. The molecule has 0 unspecified atom stereocenters. The van der Waals surface area contributed by atoms with E-state index in [-0.39, 0.29) is 12.5 Å². The van der Waals surface area contributed by atoms with Crippen molar-refractivity contribution >= 4 is 23.6 Å². The highest BCUT2D eigenvalue weighted by Crippen LogP contribution is 2.40. The standard InChI is InChI=1S/C22H23NO7/c1-14-10-16(30-13-21(25)27-3)5-6-17(14)23-20(24)7-4-15-11-18(26-2)22-19(12-15)28-8-9-29-22/h4-7,10-12H,8-9,13H2,1-3H3,(H,23,24). The molecule has 0 spiro atoms. The molecule has 8 nitrogen and oxygen atoms in total. The lowest BCUT2D eigenvalue weighted by atomic mass is 10.1. The Morgan fingerprint density at radius 2 is 1.93 bits per heavy atom. The number of hydrogen-bond donors (Lipinski definition) is 1. The average Bonchev–Trinajstić information content (AvgIpc) is 2.77. The Hall–Kier alpha value is -3.68. The Morgan fingerprint density at radius 3 is 2.67 bits per heavy atom. The van der Waals surface area contributed by atoms with Gasteiger partial charge in [0.2, 0.25) is 11.7 Å². The topological polar surface area (TPSA) is 92.3 Å². The minimum absolute atomic E-state index is 0.177. The van der Waals surface area contributed by atoms with Gasteiger partial charge < -0.3 is 29.0 Å². The van der Waals surface area contributed by atoms with Gasteiger partial charge in [-0.2, -0.15) is 0 Å². The monoisotopic (exact) mass is 413 g/mol. The molecular formula is C22H23NO7. The molecule has 2 aromatic carbocycles. The van der Waals surface area contributed by atoms with Gasteiger partial charge >= 0.3 is 5.97 Å². The van der Waals surface area contributed by atoms with E-state index in [9.17, 15) is 9.59 Å². The SMILES string of the molecule is COC(=O)COc1ccc(NC(=O)C=Cc2cc(OC)c3c(c2)OCCO3)c(C)c1. The van der Waals surface area contributed by atoms with E-state index in [1.165, 1.54) is 13.2 Å².